The van der Waals surface area contributed by atoms with Gasteiger partial charge < -0.3 is 15.2 Å². The number of ether oxygens (including phenoxy) is 2. The number of esters is 1. The average Bonchev–Trinajstić information content (AvgIpc) is 3.08. The van der Waals surface area contributed by atoms with Crippen LogP contribution in [-0.4, -0.2) is 33.7 Å². The van der Waals surface area contributed by atoms with Gasteiger partial charge in [-0.05, 0) is 30.6 Å². The molecule has 27 heavy (non-hydrogen) atoms. The number of nitrogens with two attached hydrogens (primary N) is 1. The second-order valence-corrected chi connectivity index (χ2v) is 8.97. The van der Waals surface area contributed by atoms with Crippen LogP contribution in [0.3, 0.4) is 0 Å². The van der Waals surface area contributed by atoms with Crippen LogP contribution in [0.25, 0.3) is 0 Å². The van der Waals surface area contributed by atoms with Crippen molar-refractivity contribution < 1.29 is 18.7 Å². The van der Waals surface area contributed by atoms with E-state index in [-0.39, 0.29) is 12.7 Å². The van der Waals surface area contributed by atoms with Gasteiger partial charge in [-0.15, -0.1) is 0 Å². The Kier molecular flexibility index (Phi) is 6.10. The van der Waals surface area contributed by atoms with Crippen LogP contribution in [0, 0.1) is 23.6 Å². The summed E-state index contributed by atoms with van der Waals surface area (Å²) in [5, 5.41) is -0.552. The number of thioether (sulfide) groups is 1. The predicted molar refractivity (Wildman–Crippen MR) is 100 cm³/mol. The van der Waals surface area contributed by atoms with Gasteiger partial charge in [0.25, 0.3) is 0 Å². The summed E-state index contributed by atoms with van der Waals surface area (Å²) >= 11 is 1.12. The van der Waals surface area contributed by atoms with E-state index in [4.69, 9.17) is 15.2 Å². The van der Waals surface area contributed by atoms with E-state index >= 15 is 0 Å². The Bertz CT molecular complexity index is 757. The molecule has 1 aliphatic heterocycles. The fourth-order valence-corrected chi connectivity index (χ4v) is 4.83. The molecule has 2 fully saturated rings. The van der Waals surface area contributed by atoms with E-state index in [9.17, 15) is 14.0 Å². The van der Waals surface area contributed by atoms with Crippen LogP contribution in [-0.2, 0) is 14.3 Å². The SMILES string of the molecule is CC(C)[C@@H]1CC[C@@H](C)C[C@H]1OC(=O)[C@H]1OC[C@H](n2cc(F)c(N)nc2=O)S1. The molecule has 1 aromatic heterocycles. The minimum absolute atomic E-state index is 0.0874. The van der Waals surface area contributed by atoms with Crippen molar-refractivity contribution in [3.8, 4) is 0 Å². The molecule has 2 N–H and O–H groups in total. The molecule has 1 aliphatic carbocycles. The van der Waals surface area contributed by atoms with Crippen LogP contribution in [0.5, 0.6) is 0 Å². The Morgan fingerprint density at radius 3 is 2.93 bits per heavy atom. The summed E-state index contributed by atoms with van der Waals surface area (Å²) in [6.45, 7) is 6.55. The number of aromatic nitrogens is 2. The zero-order chi connectivity index (χ0) is 19.7. The van der Waals surface area contributed by atoms with E-state index in [1.165, 1.54) is 0 Å². The van der Waals surface area contributed by atoms with Crippen molar-refractivity contribution in [1.29, 1.82) is 0 Å². The second kappa shape index (κ2) is 8.18. The molecule has 0 amide bonds. The van der Waals surface area contributed by atoms with Gasteiger partial charge in [0.05, 0.1) is 6.61 Å². The molecule has 0 aromatic carbocycles. The summed E-state index contributed by atoms with van der Waals surface area (Å²) in [6, 6.07) is 0. The third-order valence-electron chi connectivity index (χ3n) is 5.34. The van der Waals surface area contributed by atoms with Crippen LogP contribution in [0.4, 0.5) is 10.2 Å². The second-order valence-electron chi connectivity index (χ2n) is 7.72. The van der Waals surface area contributed by atoms with E-state index in [1.807, 2.05) is 0 Å². The maximum atomic E-state index is 13.6. The smallest absolute Gasteiger partial charge is 0.350 e. The molecule has 1 saturated carbocycles. The monoisotopic (exact) mass is 399 g/mol. The first-order valence-corrected chi connectivity index (χ1v) is 10.2. The van der Waals surface area contributed by atoms with Gasteiger partial charge in [0.1, 0.15) is 11.5 Å². The minimum Gasteiger partial charge on any atom is -0.459 e. The standard InChI is InChI=1S/C18H26FN3O4S/c1-9(2)11-5-4-10(3)6-13(11)26-16(23)17-25-8-14(27-17)22-7-12(19)15(20)21-18(22)24/h7,9-11,13-14,17H,4-6,8H2,1-3H3,(H2,20,21,24)/t10-,11+,13-,14-,17+/m1/s1. The lowest BCUT2D eigenvalue weighted by molar-refractivity contribution is -0.162. The van der Waals surface area contributed by atoms with E-state index < -0.39 is 34.1 Å². The Morgan fingerprint density at radius 1 is 1.48 bits per heavy atom. The fourth-order valence-electron chi connectivity index (χ4n) is 3.78. The third-order valence-corrected chi connectivity index (χ3v) is 6.59. The van der Waals surface area contributed by atoms with Gasteiger partial charge in [-0.3, -0.25) is 4.57 Å². The summed E-state index contributed by atoms with van der Waals surface area (Å²) < 4.78 is 26.1. The molecule has 1 aromatic rings. The fraction of sp³-hybridized carbons (Fsp3) is 0.722. The van der Waals surface area contributed by atoms with Gasteiger partial charge >= 0.3 is 11.7 Å². The van der Waals surface area contributed by atoms with Crippen molar-refractivity contribution in [3.63, 3.8) is 0 Å². The summed E-state index contributed by atoms with van der Waals surface area (Å²) in [7, 11) is 0. The van der Waals surface area contributed by atoms with Crippen LogP contribution in [0.1, 0.15) is 45.4 Å². The lowest BCUT2D eigenvalue weighted by Gasteiger charge is -2.37. The van der Waals surface area contributed by atoms with Crippen LogP contribution in [0.2, 0.25) is 0 Å². The molecule has 0 unspecified atom stereocenters. The first-order valence-electron chi connectivity index (χ1n) is 9.28. The Morgan fingerprint density at radius 2 is 2.22 bits per heavy atom. The van der Waals surface area contributed by atoms with Gasteiger partial charge in [-0.25, -0.2) is 14.0 Å². The molecule has 150 valence electrons. The Labute approximate surface area is 161 Å². The van der Waals surface area contributed by atoms with Crippen LogP contribution in [0.15, 0.2) is 11.0 Å². The largest absolute Gasteiger partial charge is 0.459 e. The summed E-state index contributed by atoms with van der Waals surface area (Å²) in [5.41, 5.74) is 3.79. The quantitative estimate of drug-likeness (QED) is 0.777. The molecule has 0 spiro atoms. The lowest BCUT2D eigenvalue weighted by atomic mass is 9.75. The summed E-state index contributed by atoms with van der Waals surface area (Å²) in [5.74, 6) is -0.373. The molecule has 5 atom stereocenters. The van der Waals surface area contributed by atoms with E-state index in [2.05, 4.69) is 25.8 Å². The molecule has 3 rings (SSSR count). The number of nitrogens with zero attached hydrogens (tertiary/aromatic N) is 2. The highest BCUT2D eigenvalue weighted by atomic mass is 32.2. The Balaban J connectivity index is 1.65. The van der Waals surface area contributed by atoms with Gasteiger partial charge in [0.15, 0.2) is 11.6 Å². The molecule has 1 saturated heterocycles. The number of carbonyl (C=O) groups excluding carboxylic acids is 1. The summed E-state index contributed by atoms with van der Waals surface area (Å²) in [6.07, 6.45) is 3.91. The van der Waals surface area contributed by atoms with Gasteiger partial charge in [-0.2, -0.15) is 4.98 Å². The predicted octanol–water partition coefficient (Wildman–Crippen LogP) is 2.56. The molecule has 2 aliphatic rings. The first-order chi connectivity index (χ1) is 12.8. The zero-order valence-electron chi connectivity index (χ0n) is 15.8. The van der Waals surface area contributed by atoms with Crippen molar-refractivity contribution in [2.75, 3.05) is 12.3 Å². The van der Waals surface area contributed by atoms with E-state index in [0.29, 0.717) is 17.8 Å². The van der Waals surface area contributed by atoms with Crippen molar-refractivity contribution in [3.05, 3.63) is 22.5 Å². The topological polar surface area (TPSA) is 96.4 Å². The number of rotatable bonds is 4. The van der Waals surface area contributed by atoms with Crippen molar-refractivity contribution in [2.45, 2.75) is 56.9 Å². The maximum absolute atomic E-state index is 13.6. The maximum Gasteiger partial charge on any atom is 0.350 e. The van der Waals surface area contributed by atoms with Crippen molar-refractivity contribution >= 4 is 23.5 Å². The minimum atomic E-state index is -0.840. The highest BCUT2D eigenvalue weighted by Gasteiger charge is 2.39. The van der Waals surface area contributed by atoms with E-state index in [0.717, 1.165) is 41.8 Å². The third kappa shape index (κ3) is 4.45. The molecular formula is C18H26FN3O4S. The van der Waals surface area contributed by atoms with Gasteiger partial charge in [0, 0.05) is 6.20 Å². The number of hydrogen-bond donors (Lipinski definition) is 1. The van der Waals surface area contributed by atoms with Gasteiger partial charge in [0.2, 0.25) is 5.44 Å². The zero-order valence-corrected chi connectivity index (χ0v) is 16.6. The average molecular weight is 399 g/mol. The molecule has 2 heterocycles. The number of carbonyl (C=O) groups is 1. The highest BCUT2D eigenvalue weighted by molar-refractivity contribution is 8.00. The number of halogens is 1. The van der Waals surface area contributed by atoms with Crippen LogP contribution < -0.4 is 11.4 Å². The van der Waals surface area contributed by atoms with Crippen LogP contribution >= 0.6 is 11.8 Å². The van der Waals surface area contributed by atoms with Crippen molar-refractivity contribution in [2.24, 2.45) is 17.8 Å². The molecule has 0 radical (unpaired) electrons. The number of hydrogen-bond acceptors (Lipinski definition) is 7. The molecule has 7 nitrogen and oxygen atoms in total. The van der Waals surface area contributed by atoms with E-state index in [1.54, 1.807) is 0 Å². The number of nitrogen functional groups attached to an aromatic ring is 1. The highest BCUT2D eigenvalue weighted by Crippen LogP contribution is 2.39. The first kappa shape index (κ1) is 20.1. The Hall–Kier alpha value is -1.61. The normalized spacial score (nSPS) is 31.2. The molecular weight excluding hydrogens is 373 g/mol. The lowest BCUT2D eigenvalue weighted by Crippen LogP contribution is -2.37. The van der Waals surface area contributed by atoms with Gasteiger partial charge in [-0.1, -0.05) is 39.0 Å². The molecule has 0 bridgehead atoms. The molecule has 9 heteroatoms. The number of anilines is 1. The summed E-state index contributed by atoms with van der Waals surface area (Å²) in [4.78, 5) is 28.0. The van der Waals surface area contributed by atoms with Crippen molar-refractivity contribution in [1.82, 2.24) is 9.55 Å².